The Morgan fingerprint density at radius 2 is 1.97 bits per heavy atom. The molecule has 0 saturated carbocycles. The van der Waals surface area contributed by atoms with E-state index in [0.29, 0.717) is 34.8 Å². The maximum Gasteiger partial charge on any atom is 0.296 e. The van der Waals surface area contributed by atoms with E-state index in [0.717, 1.165) is 16.7 Å². The second kappa shape index (κ2) is 10.4. The van der Waals surface area contributed by atoms with E-state index in [1.807, 2.05) is 30.5 Å². The molecule has 4 aromatic rings. The van der Waals surface area contributed by atoms with E-state index in [1.165, 1.54) is 6.26 Å². The van der Waals surface area contributed by atoms with Crippen molar-refractivity contribution in [1.82, 2.24) is 24.7 Å². The molecule has 0 amide bonds. The number of aromatic nitrogens is 5. The lowest BCUT2D eigenvalue weighted by Gasteiger charge is -2.31. The van der Waals surface area contributed by atoms with Crippen LogP contribution in [0.25, 0.3) is 33.5 Å². The Balaban J connectivity index is 1.31. The van der Waals surface area contributed by atoms with Gasteiger partial charge in [0.25, 0.3) is 6.01 Å². The van der Waals surface area contributed by atoms with E-state index in [9.17, 15) is 18.6 Å². The molecule has 37 heavy (non-hydrogen) atoms. The van der Waals surface area contributed by atoms with Gasteiger partial charge in [-0.2, -0.15) is 10.1 Å². The zero-order chi connectivity index (χ0) is 26.2. The number of hydrogen-bond donors (Lipinski definition) is 3. The molecule has 1 fully saturated rings. The molecule has 0 bridgehead atoms. The fourth-order valence-corrected chi connectivity index (χ4v) is 4.89. The highest BCUT2D eigenvalue weighted by Crippen LogP contribution is 2.31. The molecule has 0 spiro atoms. The normalized spacial score (nSPS) is 20.4. The first-order chi connectivity index (χ1) is 17.7. The zero-order valence-electron chi connectivity index (χ0n) is 19.9. The average Bonchev–Trinajstić information content (AvgIpc) is 3.48. The summed E-state index contributed by atoms with van der Waals surface area (Å²) >= 11 is 6.53. The summed E-state index contributed by atoms with van der Waals surface area (Å²) in [6, 6.07) is 9.59. The molecular weight excluding hydrogens is 522 g/mol. The van der Waals surface area contributed by atoms with E-state index in [-0.39, 0.29) is 25.0 Å². The van der Waals surface area contributed by atoms with E-state index in [4.69, 9.17) is 21.1 Å². The number of aliphatic hydroxyl groups excluding tert-OH is 2. The molecule has 5 rings (SSSR count). The van der Waals surface area contributed by atoms with Crippen LogP contribution in [0.4, 0.5) is 0 Å². The van der Waals surface area contributed by atoms with E-state index in [1.54, 1.807) is 16.9 Å². The molecule has 0 unspecified atom stereocenters. The van der Waals surface area contributed by atoms with Crippen molar-refractivity contribution in [2.75, 3.05) is 25.2 Å². The van der Waals surface area contributed by atoms with Crippen molar-refractivity contribution in [3.8, 4) is 28.4 Å². The van der Waals surface area contributed by atoms with Crippen LogP contribution in [0.15, 0.2) is 42.7 Å². The highest BCUT2D eigenvalue weighted by atomic mass is 35.5. The van der Waals surface area contributed by atoms with Crippen LogP contribution in [0.3, 0.4) is 0 Å². The van der Waals surface area contributed by atoms with Gasteiger partial charge in [-0.25, -0.2) is 13.4 Å². The highest BCUT2D eigenvalue weighted by Gasteiger charge is 2.31. The van der Waals surface area contributed by atoms with Crippen LogP contribution in [-0.4, -0.2) is 86.9 Å². The van der Waals surface area contributed by atoms with Crippen molar-refractivity contribution < 1.29 is 28.1 Å². The standard InChI is InChI=1S/C24H26ClN5O6S/c1-37(33,34)7-6-30-11-16(10-26-30)14-2-4-15(5-3-14)22-18(25)9-19-23(28-22)29-24(27-19)36-17-8-20(32)21(12-31)35-13-17/h2-5,9-11,17,20-21,31-32H,6-8,12-13H2,1H3,(H,27,28,29)/t17-,20+,21-/m1/s1. The van der Waals surface area contributed by atoms with Crippen LogP contribution in [0.2, 0.25) is 5.02 Å². The summed E-state index contributed by atoms with van der Waals surface area (Å²) in [5.41, 5.74) is 4.17. The van der Waals surface area contributed by atoms with Gasteiger partial charge in [0.1, 0.15) is 22.0 Å². The average molecular weight is 548 g/mol. The van der Waals surface area contributed by atoms with Crippen molar-refractivity contribution in [3.63, 3.8) is 0 Å². The van der Waals surface area contributed by atoms with Crippen molar-refractivity contribution in [3.05, 3.63) is 47.7 Å². The van der Waals surface area contributed by atoms with Gasteiger partial charge >= 0.3 is 0 Å². The van der Waals surface area contributed by atoms with Crippen LogP contribution in [0.5, 0.6) is 6.01 Å². The summed E-state index contributed by atoms with van der Waals surface area (Å²) < 4.78 is 35.7. The van der Waals surface area contributed by atoms with Gasteiger partial charge in [0, 0.05) is 30.0 Å². The Kier molecular flexibility index (Phi) is 7.19. The van der Waals surface area contributed by atoms with Crippen LogP contribution >= 0.6 is 11.6 Å². The number of aromatic amines is 1. The molecule has 3 N–H and O–H groups in total. The largest absolute Gasteiger partial charge is 0.459 e. The first-order valence-electron chi connectivity index (χ1n) is 11.6. The molecule has 1 saturated heterocycles. The lowest BCUT2D eigenvalue weighted by Crippen LogP contribution is -2.45. The molecule has 196 valence electrons. The number of pyridine rings is 1. The summed E-state index contributed by atoms with van der Waals surface area (Å²) in [4.78, 5) is 12.1. The second-order valence-electron chi connectivity index (χ2n) is 9.03. The smallest absolute Gasteiger partial charge is 0.296 e. The monoisotopic (exact) mass is 547 g/mol. The number of nitrogens with one attached hydrogen (secondary N) is 1. The Hall–Kier alpha value is -3.03. The van der Waals surface area contributed by atoms with Gasteiger partial charge in [0.05, 0.1) is 54.0 Å². The molecule has 3 atom stereocenters. The number of aliphatic hydroxyl groups is 2. The lowest BCUT2D eigenvalue weighted by atomic mass is 10.0. The van der Waals surface area contributed by atoms with Gasteiger partial charge < -0.3 is 24.7 Å². The molecule has 0 aliphatic carbocycles. The number of imidazole rings is 1. The summed E-state index contributed by atoms with van der Waals surface area (Å²) in [7, 11) is -3.06. The quantitative estimate of drug-likeness (QED) is 0.301. The fourth-order valence-electron chi connectivity index (χ4n) is 4.11. The second-order valence-corrected chi connectivity index (χ2v) is 11.7. The van der Waals surface area contributed by atoms with Crippen LogP contribution in [0, 0.1) is 0 Å². The number of benzene rings is 1. The van der Waals surface area contributed by atoms with Gasteiger partial charge in [0.2, 0.25) is 0 Å². The van der Waals surface area contributed by atoms with E-state index in [2.05, 4.69) is 20.1 Å². The van der Waals surface area contributed by atoms with Gasteiger partial charge in [-0.3, -0.25) is 4.68 Å². The molecule has 11 nitrogen and oxygen atoms in total. The molecule has 13 heteroatoms. The number of ether oxygens (including phenoxy) is 2. The number of fused-ring (bicyclic) bond motifs is 1. The van der Waals surface area contributed by atoms with Gasteiger partial charge in [0.15, 0.2) is 5.65 Å². The van der Waals surface area contributed by atoms with Crippen molar-refractivity contribution in [2.24, 2.45) is 0 Å². The predicted octanol–water partition coefficient (Wildman–Crippen LogP) is 2.08. The van der Waals surface area contributed by atoms with Gasteiger partial charge in [-0.1, -0.05) is 35.9 Å². The lowest BCUT2D eigenvalue weighted by molar-refractivity contribution is -0.131. The third-order valence-electron chi connectivity index (χ3n) is 6.11. The SMILES string of the molecule is CS(=O)(=O)CCn1cc(-c2ccc(-c3nc4nc(O[C@H]5CO[C@H](CO)[C@@H](O)C5)[nH]c4cc3Cl)cc2)cn1. The summed E-state index contributed by atoms with van der Waals surface area (Å²) in [6.07, 6.45) is 3.16. The van der Waals surface area contributed by atoms with Gasteiger partial charge in [-0.15, -0.1) is 0 Å². The summed E-state index contributed by atoms with van der Waals surface area (Å²) in [6.45, 7) is 0.269. The molecular formula is C24H26ClN5O6S. The van der Waals surface area contributed by atoms with E-state index < -0.39 is 28.1 Å². The number of halogens is 1. The van der Waals surface area contributed by atoms with Gasteiger partial charge in [-0.05, 0) is 11.6 Å². The molecule has 4 heterocycles. The molecule has 1 aromatic carbocycles. The van der Waals surface area contributed by atoms with E-state index >= 15 is 0 Å². The Morgan fingerprint density at radius 1 is 1.22 bits per heavy atom. The summed E-state index contributed by atoms with van der Waals surface area (Å²) in [5, 5.41) is 23.9. The maximum atomic E-state index is 11.4. The third-order valence-corrected chi connectivity index (χ3v) is 7.32. The minimum Gasteiger partial charge on any atom is -0.459 e. The minimum atomic E-state index is -3.06. The zero-order valence-corrected chi connectivity index (χ0v) is 21.5. The third kappa shape index (κ3) is 5.94. The van der Waals surface area contributed by atoms with Crippen LogP contribution in [-0.2, 0) is 21.1 Å². The Bertz CT molecular complexity index is 1500. The van der Waals surface area contributed by atoms with Crippen LogP contribution in [0.1, 0.15) is 6.42 Å². The first kappa shape index (κ1) is 25.6. The topological polar surface area (TPSA) is 152 Å². The number of aryl methyl sites for hydroxylation is 1. The molecule has 3 aromatic heterocycles. The molecule has 1 aliphatic heterocycles. The van der Waals surface area contributed by atoms with Crippen molar-refractivity contribution >= 4 is 32.6 Å². The first-order valence-corrected chi connectivity index (χ1v) is 14.1. The van der Waals surface area contributed by atoms with Crippen molar-refractivity contribution in [1.29, 1.82) is 0 Å². The number of nitrogens with zero attached hydrogens (tertiary/aromatic N) is 4. The van der Waals surface area contributed by atoms with Crippen LogP contribution < -0.4 is 4.74 Å². The van der Waals surface area contributed by atoms with Crippen molar-refractivity contribution in [2.45, 2.75) is 31.3 Å². The number of sulfone groups is 1. The fraction of sp³-hybridized carbons (Fsp3) is 0.375. The number of hydrogen-bond acceptors (Lipinski definition) is 9. The highest BCUT2D eigenvalue weighted by molar-refractivity contribution is 7.90. The Labute approximate surface area is 218 Å². The predicted molar refractivity (Wildman–Crippen MR) is 137 cm³/mol. The maximum absolute atomic E-state index is 11.4. The number of H-pyrrole nitrogens is 1. The number of rotatable bonds is 8. The Morgan fingerprint density at radius 3 is 2.68 bits per heavy atom. The molecule has 0 radical (unpaired) electrons. The summed E-state index contributed by atoms with van der Waals surface area (Å²) in [5.74, 6) is 0.0280. The molecule has 1 aliphatic rings. The minimum absolute atomic E-state index is 0.0280.